The standard InChI is InChI=1S/C15H9BrFNOS/c16-13-11-3-1-2-4-12(11)20-14(13)15(19)18-10-7-5-9(17)6-8-10/h1-8H,(H,18,19). The van der Waals surface area contributed by atoms with Crippen LogP contribution in [-0.4, -0.2) is 5.91 Å². The molecule has 0 spiro atoms. The van der Waals surface area contributed by atoms with Crippen LogP contribution in [0.5, 0.6) is 0 Å². The lowest BCUT2D eigenvalue weighted by Crippen LogP contribution is -2.10. The van der Waals surface area contributed by atoms with Crippen molar-refractivity contribution in [2.45, 2.75) is 0 Å². The predicted octanol–water partition coefficient (Wildman–Crippen LogP) is 5.06. The zero-order valence-electron chi connectivity index (χ0n) is 10.2. The molecule has 0 unspecified atom stereocenters. The average molecular weight is 350 g/mol. The first-order chi connectivity index (χ1) is 9.65. The number of halogens is 2. The first-order valence-corrected chi connectivity index (χ1v) is 7.50. The van der Waals surface area contributed by atoms with Gasteiger partial charge >= 0.3 is 0 Å². The molecule has 0 saturated heterocycles. The van der Waals surface area contributed by atoms with E-state index in [1.54, 1.807) is 0 Å². The molecule has 2 aromatic carbocycles. The Bertz CT molecular complexity index is 782. The first kappa shape index (κ1) is 13.3. The molecule has 1 N–H and O–H groups in total. The summed E-state index contributed by atoms with van der Waals surface area (Å²) in [6.45, 7) is 0. The molecule has 0 saturated carbocycles. The number of fused-ring (bicyclic) bond motifs is 1. The summed E-state index contributed by atoms with van der Waals surface area (Å²) in [6, 6.07) is 13.5. The summed E-state index contributed by atoms with van der Waals surface area (Å²) in [4.78, 5) is 12.9. The molecule has 3 rings (SSSR count). The number of benzene rings is 2. The summed E-state index contributed by atoms with van der Waals surface area (Å²) in [5.41, 5.74) is 0.570. The van der Waals surface area contributed by atoms with Gasteiger partial charge in [-0.05, 0) is 46.3 Å². The molecule has 1 heterocycles. The maximum Gasteiger partial charge on any atom is 0.266 e. The van der Waals surface area contributed by atoms with Gasteiger partial charge in [0.2, 0.25) is 0 Å². The molecule has 0 fully saturated rings. The molecule has 5 heteroatoms. The van der Waals surface area contributed by atoms with Crippen LogP contribution in [-0.2, 0) is 0 Å². The van der Waals surface area contributed by atoms with Crippen molar-refractivity contribution in [1.29, 1.82) is 0 Å². The van der Waals surface area contributed by atoms with Gasteiger partial charge in [-0.2, -0.15) is 0 Å². The third-order valence-corrected chi connectivity index (χ3v) is 5.10. The largest absolute Gasteiger partial charge is 0.321 e. The zero-order valence-corrected chi connectivity index (χ0v) is 12.6. The van der Waals surface area contributed by atoms with Crippen molar-refractivity contribution >= 4 is 48.9 Å². The molecule has 20 heavy (non-hydrogen) atoms. The molecule has 0 aliphatic heterocycles. The van der Waals surface area contributed by atoms with Gasteiger partial charge in [0.05, 0.1) is 0 Å². The Morgan fingerprint density at radius 3 is 2.50 bits per heavy atom. The highest BCUT2D eigenvalue weighted by Gasteiger charge is 2.16. The third-order valence-electron chi connectivity index (χ3n) is 2.84. The van der Waals surface area contributed by atoms with Crippen LogP contribution in [0.1, 0.15) is 9.67 Å². The number of anilines is 1. The Morgan fingerprint density at radius 1 is 1.10 bits per heavy atom. The second kappa shape index (κ2) is 5.34. The normalized spacial score (nSPS) is 10.7. The van der Waals surface area contributed by atoms with Crippen LogP contribution < -0.4 is 5.32 Å². The van der Waals surface area contributed by atoms with Gasteiger partial charge in [0.25, 0.3) is 5.91 Å². The minimum absolute atomic E-state index is 0.204. The minimum atomic E-state index is -0.328. The van der Waals surface area contributed by atoms with E-state index in [0.29, 0.717) is 10.6 Å². The number of rotatable bonds is 2. The van der Waals surface area contributed by atoms with E-state index in [-0.39, 0.29) is 11.7 Å². The highest BCUT2D eigenvalue weighted by molar-refractivity contribution is 9.10. The quantitative estimate of drug-likeness (QED) is 0.688. The second-order valence-electron chi connectivity index (χ2n) is 4.20. The third kappa shape index (κ3) is 2.46. The topological polar surface area (TPSA) is 29.1 Å². The molecule has 1 amide bonds. The van der Waals surface area contributed by atoms with Crippen molar-refractivity contribution in [1.82, 2.24) is 0 Å². The second-order valence-corrected chi connectivity index (χ2v) is 6.05. The van der Waals surface area contributed by atoms with E-state index in [1.807, 2.05) is 24.3 Å². The Kier molecular flexibility index (Phi) is 3.54. The smallest absolute Gasteiger partial charge is 0.266 e. The molecule has 1 aromatic heterocycles. The van der Waals surface area contributed by atoms with Crippen molar-refractivity contribution in [3.8, 4) is 0 Å². The van der Waals surface area contributed by atoms with Crippen LogP contribution in [0.25, 0.3) is 10.1 Å². The molecule has 3 aromatic rings. The molecule has 0 aliphatic rings. The van der Waals surface area contributed by atoms with E-state index in [4.69, 9.17) is 0 Å². The number of hydrogen-bond acceptors (Lipinski definition) is 2. The van der Waals surface area contributed by atoms with Gasteiger partial charge in [0.15, 0.2) is 0 Å². The molecule has 0 bridgehead atoms. The van der Waals surface area contributed by atoms with Gasteiger partial charge in [-0.3, -0.25) is 4.79 Å². The van der Waals surface area contributed by atoms with Gasteiger partial charge in [0.1, 0.15) is 10.7 Å². The molecule has 2 nitrogen and oxygen atoms in total. The number of carbonyl (C=O) groups excluding carboxylic acids is 1. The van der Waals surface area contributed by atoms with E-state index in [9.17, 15) is 9.18 Å². The summed E-state index contributed by atoms with van der Waals surface area (Å²) in [6.07, 6.45) is 0. The van der Waals surface area contributed by atoms with E-state index in [2.05, 4.69) is 21.2 Å². The Balaban J connectivity index is 1.92. The molecule has 0 atom stereocenters. The highest BCUT2D eigenvalue weighted by atomic mass is 79.9. The van der Waals surface area contributed by atoms with E-state index < -0.39 is 0 Å². The molecular weight excluding hydrogens is 341 g/mol. The van der Waals surface area contributed by atoms with Crippen LogP contribution in [0.15, 0.2) is 53.0 Å². The lowest BCUT2D eigenvalue weighted by Gasteiger charge is -2.03. The van der Waals surface area contributed by atoms with Gasteiger partial charge in [0, 0.05) is 20.2 Å². The van der Waals surface area contributed by atoms with Gasteiger partial charge < -0.3 is 5.32 Å². The van der Waals surface area contributed by atoms with Crippen LogP contribution in [0.2, 0.25) is 0 Å². The first-order valence-electron chi connectivity index (χ1n) is 5.89. The van der Waals surface area contributed by atoms with Crippen LogP contribution in [0, 0.1) is 5.82 Å². The van der Waals surface area contributed by atoms with E-state index in [1.165, 1.54) is 35.6 Å². The van der Waals surface area contributed by atoms with Crippen molar-refractivity contribution in [3.63, 3.8) is 0 Å². The van der Waals surface area contributed by atoms with E-state index >= 15 is 0 Å². The van der Waals surface area contributed by atoms with Crippen LogP contribution in [0.4, 0.5) is 10.1 Å². The maximum absolute atomic E-state index is 12.8. The predicted molar refractivity (Wildman–Crippen MR) is 83.9 cm³/mol. The lowest BCUT2D eigenvalue weighted by molar-refractivity contribution is 0.103. The van der Waals surface area contributed by atoms with Crippen LogP contribution in [0.3, 0.4) is 0 Å². The number of nitrogens with one attached hydrogen (secondary N) is 1. The monoisotopic (exact) mass is 349 g/mol. The summed E-state index contributed by atoms with van der Waals surface area (Å²) in [5.74, 6) is -0.532. The number of carbonyl (C=O) groups is 1. The average Bonchev–Trinajstić information content (AvgIpc) is 2.79. The number of hydrogen-bond donors (Lipinski definition) is 1. The number of amides is 1. The van der Waals surface area contributed by atoms with Crippen molar-refractivity contribution in [2.75, 3.05) is 5.32 Å². The lowest BCUT2D eigenvalue weighted by atomic mass is 10.2. The van der Waals surface area contributed by atoms with Crippen molar-refractivity contribution in [3.05, 3.63) is 63.7 Å². The summed E-state index contributed by atoms with van der Waals surface area (Å²) >= 11 is 4.89. The summed E-state index contributed by atoms with van der Waals surface area (Å²) in [7, 11) is 0. The van der Waals surface area contributed by atoms with Gasteiger partial charge in [-0.25, -0.2) is 4.39 Å². The molecule has 0 aliphatic carbocycles. The molecular formula is C15H9BrFNOS. The maximum atomic E-state index is 12.8. The zero-order chi connectivity index (χ0) is 14.1. The van der Waals surface area contributed by atoms with Crippen molar-refractivity contribution in [2.24, 2.45) is 0 Å². The Labute approximate surface area is 127 Å². The SMILES string of the molecule is O=C(Nc1ccc(F)cc1)c1sc2ccccc2c1Br. The fourth-order valence-corrected chi connectivity index (χ4v) is 3.77. The van der Waals surface area contributed by atoms with Gasteiger partial charge in [-0.1, -0.05) is 18.2 Å². The summed E-state index contributed by atoms with van der Waals surface area (Å²) < 4.78 is 14.7. The fourth-order valence-electron chi connectivity index (χ4n) is 1.88. The Hall–Kier alpha value is -1.72. The molecule has 100 valence electrons. The fraction of sp³-hybridized carbons (Fsp3) is 0. The van der Waals surface area contributed by atoms with Gasteiger partial charge in [-0.15, -0.1) is 11.3 Å². The summed E-state index contributed by atoms with van der Waals surface area (Å²) in [5, 5.41) is 3.78. The Morgan fingerprint density at radius 2 is 1.80 bits per heavy atom. The van der Waals surface area contributed by atoms with E-state index in [0.717, 1.165) is 14.6 Å². The minimum Gasteiger partial charge on any atom is -0.321 e. The van der Waals surface area contributed by atoms with Crippen LogP contribution >= 0.6 is 27.3 Å². The number of thiophene rings is 1. The molecule has 0 radical (unpaired) electrons. The van der Waals surface area contributed by atoms with Crippen molar-refractivity contribution < 1.29 is 9.18 Å². The highest BCUT2D eigenvalue weighted by Crippen LogP contribution is 2.35.